The Hall–Kier alpha value is -2.44. The van der Waals surface area contributed by atoms with Crippen LogP contribution in [0.1, 0.15) is 16.1 Å². The van der Waals surface area contributed by atoms with E-state index in [0.29, 0.717) is 6.07 Å². The Kier molecular flexibility index (Phi) is 2.97. The van der Waals surface area contributed by atoms with Gasteiger partial charge in [-0.25, -0.2) is 8.78 Å². The topological polar surface area (TPSA) is 81.2 Å². The first-order valence-electron chi connectivity index (χ1n) is 4.96. The molecule has 1 amide bonds. The fourth-order valence-corrected chi connectivity index (χ4v) is 1.42. The maximum absolute atomic E-state index is 13.4. The highest BCUT2D eigenvalue weighted by Gasteiger charge is 2.17. The second-order valence-electron chi connectivity index (χ2n) is 3.60. The number of nitrogen functional groups attached to an aromatic ring is 1. The maximum atomic E-state index is 13.4. The van der Waals surface area contributed by atoms with Crippen molar-refractivity contribution in [1.29, 1.82) is 0 Å². The van der Waals surface area contributed by atoms with E-state index in [0.717, 1.165) is 6.07 Å². The van der Waals surface area contributed by atoms with E-state index in [4.69, 9.17) is 10.3 Å². The Morgan fingerprint density at radius 2 is 2.17 bits per heavy atom. The Bertz CT molecular complexity index is 587. The lowest BCUT2D eigenvalue weighted by Gasteiger charge is -2.08. The maximum Gasteiger partial charge on any atom is 0.261 e. The number of halogens is 2. The van der Waals surface area contributed by atoms with Crippen LogP contribution in [0, 0.1) is 18.6 Å². The SMILES string of the molecule is Cc1oncc1C(=O)Nc1c(N)cc(F)cc1F. The molecule has 0 saturated heterocycles. The van der Waals surface area contributed by atoms with Crippen molar-refractivity contribution in [3.63, 3.8) is 0 Å². The third-order valence-electron chi connectivity index (χ3n) is 2.32. The molecule has 0 aliphatic carbocycles. The molecule has 3 N–H and O–H groups in total. The van der Waals surface area contributed by atoms with E-state index >= 15 is 0 Å². The van der Waals surface area contributed by atoms with Crippen LogP contribution in [0.15, 0.2) is 22.9 Å². The molecule has 7 heteroatoms. The number of nitrogens with one attached hydrogen (secondary N) is 1. The van der Waals surface area contributed by atoms with Crippen molar-refractivity contribution in [2.75, 3.05) is 11.1 Å². The molecule has 2 rings (SSSR count). The number of hydrogen-bond acceptors (Lipinski definition) is 4. The van der Waals surface area contributed by atoms with Crippen molar-refractivity contribution in [3.8, 4) is 0 Å². The highest BCUT2D eigenvalue weighted by Crippen LogP contribution is 2.24. The van der Waals surface area contributed by atoms with E-state index in [-0.39, 0.29) is 22.7 Å². The molecule has 0 aliphatic heterocycles. The zero-order valence-electron chi connectivity index (χ0n) is 9.33. The van der Waals surface area contributed by atoms with Crippen molar-refractivity contribution in [2.24, 2.45) is 0 Å². The lowest BCUT2D eigenvalue weighted by Crippen LogP contribution is -2.15. The third kappa shape index (κ3) is 2.15. The van der Waals surface area contributed by atoms with Gasteiger partial charge in [0.1, 0.15) is 22.8 Å². The van der Waals surface area contributed by atoms with E-state index in [9.17, 15) is 13.6 Å². The van der Waals surface area contributed by atoms with Gasteiger partial charge in [0.05, 0.1) is 11.9 Å². The van der Waals surface area contributed by atoms with E-state index < -0.39 is 17.5 Å². The number of rotatable bonds is 2. The molecule has 2 aromatic rings. The van der Waals surface area contributed by atoms with E-state index in [1.54, 1.807) is 0 Å². The number of anilines is 2. The Morgan fingerprint density at radius 1 is 1.44 bits per heavy atom. The van der Waals surface area contributed by atoms with Gasteiger partial charge in [-0.05, 0) is 13.0 Å². The Morgan fingerprint density at radius 3 is 2.72 bits per heavy atom. The summed E-state index contributed by atoms with van der Waals surface area (Å²) in [6, 6.07) is 1.55. The van der Waals surface area contributed by atoms with Gasteiger partial charge in [-0.3, -0.25) is 4.79 Å². The van der Waals surface area contributed by atoms with Crippen molar-refractivity contribution in [1.82, 2.24) is 5.16 Å². The summed E-state index contributed by atoms with van der Waals surface area (Å²) in [5.74, 6) is -2.11. The number of hydrogen-bond donors (Lipinski definition) is 2. The zero-order chi connectivity index (χ0) is 13.3. The molecule has 0 radical (unpaired) electrons. The van der Waals surface area contributed by atoms with Crippen LogP contribution < -0.4 is 11.1 Å². The first-order valence-corrected chi connectivity index (χ1v) is 4.96. The Balaban J connectivity index is 2.31. The summed E-state index contributed by atoms with van der Waals surface area (Å²) in [4.78, 5) is 11.8. The van der Waals surface area contributed by atoms with E-state index in [1.807, 2.05) is 0 Å². The van der Waals surface area contributed by atoms with Crippen LogP contribution in [-0.4, -0.2) is 11.1 Å². The van der Waals surface area contributed by atoms with E-state index in [2.05, 4.69) is 10.5 Å². The van der Waals surface area contributed by atoms with Crippen molar-refractivity contribution < 1.29 is 18.1 Å². The van der Waals surface area contributed by atoms with Gasteiger partial charge in [0.25, 0.3) is 5.91 Å². The van der Waals surface area contributed by atoms with Crippen LogP contribution in [0.4, 0.5) is 20.2 Å². The quantitative estimate of drug-likeness (QED) is 0.803. The van der Waals surface area contributed by atoms with Crippen molar-refractivity contribution >= 4 is 17.3 Å². The summed E-state index contributed by atoms with van der Waals surface area (Å²) in [5.41, 5.74) is 5.10. The molecule has 18 heavy (non-hydrogen) atoms. The van der Waals surface area contributed by atoms with E-state index in [1.165, 1.54) is 13.1 Å². The standard InChI is InChI=1S/C11H9F2N3O2/c1-5-7(4-15-18-5)11(17)16-10-8(13)2-6(12)3-9(10)14/h2-4H,14H2,1H3,(H,16,17). The van der Waals surface area contributed by atoms with Gasteiger partial charge in [-0.2, -0.15) is 0 Å². The predicted octanol–water partition coefficient (Wildman–Crippen LogP) is 2.10. The molecule has 0 atom stereocenters. The smallest absolute Gasteiger partial charge is 0.261 e. The highest BCUT2D eigenvalue weighted by molar-refractivity contribution is 6.06. The van der Waals surface area contributed by atoms with Gasteiger partial charge < -0.3 is 15.6 Å². The first-order chi connectivity index (χ1) is 8.49. The average molecular weight is 253 g/mol. The van der Waals surface area contributed by atoms with Gasteiger partial charge in [0, 0.05) is 6.07 Å². The van der Waals surface area contributed by atoms with Gasteiger partial charge in [0.15, 0.2) is 5.82 Å². The summed E-state index contributed by atoms with van der Waals surface area (Å²) in [6.45, 7) is 1.53. The fraction of sp³-hybridized carbons (Fsp3) is 0.0909. The minimum absolute atomic E-state index is 0.151. The van der Waals surface area contributed by atoms with Gasteiger partial charge >= 0.3 is 0 Å². The number of amides is 1. The van der Waals surface area contributed by atoms with Crippen LogP contribution in [-0.2, 0) is 0 Å². The normalized spacial score (nSPS) is 10.4. The minimum Gasteiger partial charge on any atom is -0.397 e. The minimum atomic E-state index is -0.949. The van der Waals surface area contributed by atoms with Crippen molar-refractivity contribution in [2.45, 2.75) is 6.92 Å². The molecular formula is C11H9F2N3O2. The summed E-state index contributed by atoms with van der Waals surface area (Å²) < 4.78 is 31.0. The summed E-state index contributed by atoms with van der Waals surface area (Å²) in [6.07, 6.45) is 1.20. The molecule has 0 bridgehead atoms. The van der Waals surface area contributed by atoms with Crippen molar-refractivity contribution in [3.05, 3.63) is 41.3 Å². The summed E-state index contributed by atoms with van der Waals surface area (Å²) >= 11 is 0. The van der Waals surface area contributed by atoms with Crippen LogP contribution >= 0.6 is 0 Å². The van der Waals surface area contributed by atoms with Gasteiger partial charge in [0.2, 0.25) is 0 Å². The number of aryl methyl sites for hydroxylation is 1. The van der Waals surface area contributed by atoms with Crippen LogP contribution in [0.3, 0.4) is 0 Å². The zero-order valence-corrected chi connectivity index (χ0v) is 9.33. The largest absolute Gasteiger partial charge is 0.397 e. The van der Waals surface area contributed by atoms with Crippen LogP contribution in [0.5, 0.6) is 0 Å². The number of benzene rings is 1. The fourth-order valence-electron chi connectivity index (χ4n) is 1.42. The Labute approximate surface area is 101 Å². The number of aromatic nitrogens is 1. The predicted molar refractivity (Wildman–Crippen MR) is 60.0 cm³/mol. The molecular weight excluding hydrogens is 244 g/mol. The summed E-state index contributed by atoms with van der Waals surface area (Å²) in [5, 5.41) is 5.67. The number of carbonyl (C=O) groups is 1. The molecule has 1 aromatic carbocycles. The lowest BCUT2D eigenvalue weighted by molar-refractivity contribution is 0.102. The molecule has 0 unspecified atom stereocenters. The highest BCUT2D eigenvalue weighted by atomic mass is 19.1. The average Bonchev–Trinajstić information content (AvgIpc) is 2.69. The lowest BCUT2D eigenvalue weighted by atomic mass is 10.2. The second-order valence-corrected chi connectivity index (χ2v) is 3.60. The van der Waals surface area contributed by atoms with Gasteiger partial charge in [-0.15, -0.1) is 0 Å². The summed E-state index contributed by atoms with van der Waals surface area (Å²) in [7, 11) is 0. The number of nitrogens with zero attached hydrogens (tertiary/aromatic N) is 1. The molecule has 1 heterocycles. The molecule has 0 aliphatic rings. The molecule has 1 aromatic heterocycles. The number of nitrogens with two attached hydrogens (primary N) is 1. The first kappa shape index (κ1) is 12.0. The number of carbonyl (C=O) groups excluding carboxylic acids is 1. The molecule has 5 nitrogen and oxygen atoms in total. The van der Waals surface area contributed by atoms with Crippen LogP contribution in [0.2, 0.25) is 0 Å². The molecule has 0 spiro atoms. The van der Waals surface area contributed by atoms with Crippen LogP contribution in [0.25, 0.3) is 0 Å². The van der Waals surface area contributed by atoms with Gasteiger partial charge in [-0.1, -0.05) is 5.16 Å². The second kappa shape index (κ2) is 4.44. The molecule has 0 saturated carbocycles. The third-order valence-corrected chi connectivity index (χ3v) is 2.32. The molecule has 0 fully saturated rings. The molecule has 94 valence electrons. The monoisotopic (exact) mass is 253 g/mol.